The lowest BCUT2D eigenvalue weighted by atomic mass is 10.1. The summed E-state index contributed by atoms with van der Waals surface area (Å²) in [4.78, 5) is 4.58. The zero-order valence-corrected chi connectivity index (χ0v) is 15.1. The van der Waals surface area contributed by atoms with Crippen molar-refractivity contribution >= 4 is 23.3 Å². The Labute approximate surface area is 153 Å². The Bertz CT molecular complexity index is 953. The molecule has 0 saturated heterocycles. The molecular weight excluding hydrogens is 322 g/mol. The molecule has 0 aliphatic rings. The summed E-state index contributed by atoms with van der Waals surface area (Å²) in [7, 11) is 0. The molecule has 0 bridgehead atoms. The number of aromatic hydroxyl groups is 1. The van der Waals surface area contributed by atoms with Gasteiger partial charge in [0.1, 0.15) is 5.75 Å². The van der Waals surface area contributed by atoms with Gasteiger partial charge >= 0.3 is 0 Å². The van der Waals surface area contributed by atoms with Gasteiger partial charge in [-0.3, -0.25) is 4.99 Å². The number of rotatable bonds is 4. The first-order valence-corrected chi connectivity index (χ1v) is 8.44. The topological polar surface area (TPSA) is 57.3 Å². The summed E-state index contributed by atoms with van der Waals surface area (Å²) in [6.45, 7) is 6.15. The molecule has 4 nitrogen and oxygen atoms in total. The highest BCUT2D eigenvalue weighted by atomic mass is 16.3. The quantitative estimate of drug-likeness (QED) is 0.427. The summed E-state index contributed by atoms with van der Waals surface area (Å²) in [5.74, 6) is 0.162. The second-order valence-electron chi connectivity index (χ2n) is 6.28. The second kappa shape index (κ2) is 7.74. The monoisotopic (exact) mass is 343 g/mol. The first-order chi connectivity index (χ1) is 12.5. The molecule has 0 aromatic heterocycles. The van der Waals surface area contributed by atoms with Crippen molar-refractivity contribution in [1.29, 1.82) is 0 Å². The molecule has 0 heterocycles. The highest BCUT2D eigenvalue weighted by molar-refractivity contribution is 5.87. The van der Waals surface area contributed by atoms with Crippen molar-refractivity contribution in [2.45, 2.75) is 20.8 Å². The van der Waals surface area contributed by atoms with E-state index in [0.29, 0.717) is 11.3 Å². The molecule has 0 radical (unpaired) electrons. The molecule has 3 aromatic carbocycles. The molecule has 0 amide bonds. The molecule has 0 atom stereocenters. The van der Waals surface area contributed by atoms with Crippen molar-refractivity contribution < 1.29 is 5.11 Å². The van der Waals surface area contributed by atoms with Crippen molar-refractivity contribution in [1.82, 2.24) is 0 Å². The summed E-state index contributed by atoms with van der Waals surface area (Å²) in [5, 5.41) is 18.6. The van der Waals surface area contributed by atoms with Gasteiger partial charge in [-0.1, -0.05) is 35.9 Å². The van der Waals surface area contributed by atoms with Crippen LogP contribution in [0.4, 0.5) is 17.1 Å². The summed E-state index contributed by atoms with van der Waals surface area (Å²) >= 11 is 0. The van der Waals surface area contributed by atoms with Gasteiger partial charge in [0.15, 0.2) is 0 Å². The number of phenolic OH excluding ortho intramolecular Hbond substituents is 1. The van der Waals surface area contributed by atoms with Gasteiger partial charge in [-0.2, -0.15) is 10.2 Å². The first-order valence-electron chi connectivity index (χ1n) is 8.44. The number of benzene rings is 3. The van der Waals surface area contributed by atoms with Gasteiger partial charge < -0.3 is 5.11 Å². The average molecular weight is 343 g/mol. The highest BCUT2D eigenvalue weighted by Crippen LogP contribution is 2.27. The molecule has 0 fully saturated rings. The third kappa shape index (κ3) is 4.22. The summed E-state index contributed by atoms with van der Waals surface area (Å²) < 4.78 is 0. The Morgan fingerprint density at radius 2 is 1.42 bits per heavy atom. The minimum Gasteiger partial charge on any atom is -0.507 e. The Balaban J connectivity index is 1.88. The van der Waals surface area contributed by atoms with Crippen LogP contribution in [0, 0.1) is 20.8 Å². The summed E-state index contributed by atoms with van der Waals surface area (Å²) in [6, 6.07) is 18.8. The number of phenols is 1. The van der Waals surface area contributed by atoms with Crippen molar-refractivity contribution in [2.24, 2.45) is 15.2 Å². The molecule has 0 aliphatic carbocycles. The van der Waals surface area contributed by atoms with Crippen LogP contribution in [0.2, 0.25) is 0 Å². The number of aliphatic imine (C=N–C) groups is 1. The van der Waals surface area contributed by atoms with Crippen LogP contribution in [-0.4, -0.2) is 11.3 Å². The van der Waals surface area contributed by atoms with E-state index in [4.69, 9.17) is 0 Å². The average Bonchev–Trinajstić information content (AvgIpc) is 2.62. The van der Waals surface area contributed by atoms with Crippen LogP contribution >= 0.6 is 0 Å². The number of hydrogen-bond donors (Lipinski definition) is 1. The van der Waals surface area contributed by atoms with E-state index in [1.54, 1.807) is 24.4 Å². The van der Waals surface area contributed by atoms with E-state index in [2.05, 4.69) is 34.3 Å². The highest BCUT2D eigenvalue weighted by Gasteiger charge is 2.04. The molecule has 4 heteroatoms. The fourth-order valence-electron chi connectivity index (χ4n) is 2.83. The maximum Gasteiger partial charge on any atom is 0.124 e. The molecule has 0 spiro atoms. The number of aryl methyl sites for hydroxylation is 3. The van der Waals surface area contributed by atoms with Crippen molar-refractivity contribution in [3.63, 3.8) is 0 Å². The minimum atomic E-state index is 0.162. The van der Waals surface area contributed by atoms with Crippen LogP contribution in [0.1, 0.15) is 22.3 Å². The Morgan fingerprint density at radius 1 is 0.769 bits per heavy atom. The number of azo groups is 1. The lowest BCUT2D eigenvalue weighted by Crippen LogP contribution is -1.86. The van der Waals surface area contributed by atoms with Crippen LogP contribution in [0.15, 0.2) is 75.9 Å². The predicted octanol–water partition coefficient (Wildman–Crippen LogP) is 6.48. The zero-order chi connectivity index (χ0) is 18.5. The second-order valence-corrected chi connectivity index (χ2v) is 6.28. The molecule has 0 unspecified atom stereocenters. The van der Waals surface area contributed by atoms with Gasteiger partial charge in [-0.15, -0.1) is 0 Å². The van der Waals surface area contributed by atoms with E-state index in [9.17, 15) is 5.11 Å². The first kappa shape index (κ1) is 17.5. The van der Waals surface area contributed by atoms with Gasteiger partial charge in [0.25, 0.3) is 0 Å². The molecule has 1 N–H and O–H groups in total. The largest absolute Gasteiger partial charge is 0.507 e. The Kier molecular flexibility index (Phi) is 5.23. The Hall–Kier alpha value is -3.27. The van der Waals surface area contributed by atoms with Crippen molar-refractivity contribution in [3.8, 4) is 5.75 Å². The number of hydrogen-bond acceptors (Lipinski definition) is 4. The van der Waals surface area contributed by atoms with E-state index in [-0.39, 0.29) is 5.75 Å². The van der Waals surface area contributed by atoms with Crippen molar-refractivity contribution in [3.05, 3.63) is 82.9 Å². The fourth-order valence-corrected chi connectivity index (χ4v) is 2.83. The minimum absolute atomic E-state index is 0.162. The van der Waals surface area contributed by atoms with E-state index >= 15 is 0 Å². The maximum atomic E-state index is 10.1. The predicted molar refractivity (Wildman–Crippen MR) is 107 cm³/mol. The van der Waals surface area contributed by atoms with Crippen LogP contribution in [0.25, 0.3) is 0 Å². The standard InChI is InChI=1S/C22H21N3O/c1-15-11-16(2)22(17(3)12-15)23-14-18-13-20(9-10-21(18)26)25-24-19-7-5-4-6-8-19/h4-14,26H,1-3H3. The van der Waals surface area contributed by atoms with E-state index in [1.165, 1.54) is 5.56 Å². The van der Waals surface area contributed by atoms with Crippen LogP contribution in [0.3, 0.4) is 0 Å². The maximum absolute atomic E-state index is 10.1. The molecule has 3 rings (SSSR count). The van der Waals surface area contributed by atoms with Gasteiger partial charge in [-0.05, 0) is 62.2 Å². The lowest BCUT2D eigenvalue weighted by Gasteiger charge is -2.07. The molecule has 0 aliphatic heterocycles. The van der Waals surface area contributed by atoms with E-state index < -0.39 is 0 Å². The normalized spacial score (nSPS) is 11.5. The summed E-state index contributed by atoms with van der Waals surface area (Å²) in [5.41, 5.74) is 6.40. The number of nitrogens with zero attached hydrogens (tertiary/aromatic N) is 3. The third-order valence-corrected chi connectivity index (χ3v) is 4.02. The molecular formula is C22H21N3O. The Morgan fingerprint density at radius 3 is 2.12 bits per heavy atom. The van der Waals surface area contributed by atoms with Gasteiger partial charge in [-0.25, -0.2) is 0 Å². The van der Waals surface area contributed by atoms with Gasteiger partial charge in [0, 0.05) is 11.8 Å². The molecule has 130 valence electrons. The zero-order valence-electron chi connectivity index (χ0n) is 15.1. The lowest BCUT2D eigenvalue weighted by molar-refractivity contribution is 0.474. The molecule has 3 aromatic rings. The SMILES string of the molecule is Cc1cc(C)c(N=Cc2cc(N=Nc3ccccc3)ccc2O)c(C)c1. The van der Waals surface area contributed by atoms with Crippen LogP contribution < -0.4 is 0 Å². The fraction of sp³-hybridized carbons (Fsp3) is 0.136. The molecule has 26 heavy (non-hydrogen) atoms. The van der Waals surface area contributed by atoms with Crippen LogP contribution in [-0.2, 0) is 0 Å². The third-order valence-electron chi connectivity index (χ3n) is 4.02. The summed E-state index contributed by atoms with van der Waals surface area (Å²) in [6.07, 6.45) is 1.67. The smallest absolute Gasteiger partial charge is 0.124 e. The molecule has 0 saturated carbocycles. The van der Waals surface area contributed by atoms with E-state index in [0.717, 1.165) is 22.5 Å². The van der Waals surface area contributed by atoms with Gasteiger partial charge in [0.2, 0.25) is 0 Å². The van der Waals surface area contributed by atoms with Gasteiger partial charge in [0.05, 0.1) is 17.1 Å². The van der Waals surface area contributed by atoms with E-state index in [1.807, 2.05) is 44.2 Å². The van der Waals surface area contributed by atoms with Crippen molar-refractivity contribution in [2.75, 3.05) is 0 Å². The van der Waals surface area contributed by atoms with Crippen LogP contribution in [0.5, 0.6) is 5.75 Å².